The molecule has 0 atom stereocenters. The summed E-state index contributed by atoms with van der Waals surface area (Å²) in [5.74, 6) is 0.652. The molecule has 0 spiro atoms. The lowest BCUT2D eigenvalue weighted by molar-refractivity contribution is -0.138. The molecule has 146 valence electrons. The van der Waals surface area contributed by atoms with Crippen molar-refractivity contribution >= 4 is 10.0 Å². The van der Waals surface area contributed by atoms with E-state index >= 15 is 0 Å². The van der Waals surface area contributed by atoms with Crippen molar-refractivity contribution in [1.29, 1.82) is 0 Å². The fourth-order valence-electron chi connectivity index (χ4n) is 3.07. The summed E-state index contributed by atoms with van der Waals surface area (Å²) in [6.45, 7) is 0.300. The maximum Gasteiger partial charge on any atom is 0.416 e. The van der Waals surface area contributed by atoms with Gasteiger partial charge < -0.3 is 4.74 Å². The van der Waals surface area contributed by atoms with Crippen LogP contribution in [0.5, 0.6) is 5.75 Å². The van der Waals surface area contributed by atoms with Crippen LogP contribution in [0.2, 0.25) is 0 Å². The van der Waals surface area contributed by atoms with Crippen LogP contribution >= 0.6 is 0 Å². The van der Waals surface area contributed by atoms with E-state index in [2.05, 4.69) is 0 Å². The molecule has 3 rings (SSSR count). The Labute approximate surface area is 156 Å². The third-order valence-corrected chi connectivity index (χ3v) is 6.39. The number of aryl methyl sites for hydroxylation is 1. The van der Waals surface area contributed by atoms with Gasteiger partial charge in [0.25, 0.3) is 0 Å². The van der Waals surface area contributed by atoms with Crippen LogP contribution in [0.15, 0.2) is 42.5 Å². The Kier molecular flexibility index (Phi) is 5.48. The molecule has 1 heterocycles. The molecule has 0 saturated heterocycles. The zero-order valence-corrected chi connectivity index (χ0v) is 15.6. The number of alkyl halides is 3. The van der Waals surface area contributed by atoms with E-state index in [4.69, 9.17) is 4.74 Å². The Hall–Kier alpha value is -2.06. The highest BCUT2D eigenvalue weighted by atomic mass is 32.2. The van der Waals surface area contributed by atoms with Gasteiger partial charge in [0.1, 0.15) is 5.75 Å². The second kappa shape index (κ2) is 7.52. The third kappa shape index (κ3) is 4.62. The number of ether oxygens (including phenoxy) is 1. The minimum Gasteiger partial charge on any atom is -0.493 e. The number of hydrogen-bond acceptors (Lipinski definition) is 3. The first-order valence-corrected chi connectivity index (χ1v) is 10.1. The van der Waals surface area contributed by atoms with Crippen molar-refractivity contribution in [3.8, 4) is 5.75 Å². The lowest BCUT2D eigenvalue weighted by Gasteiger charge is -2.20. The number of nitrogens with zero attached hydrogens (tertiary/aromatic N) is 1. The standard InChI is InChI=1S/C19H20F3NO3S/c1-23(13-16-4-2-3-5-17(16)19(20,21)22)27(24,25)11-9-14-6-7-18-15(12-14)8-10-26-18/h2-7,12H,8-11,13H2,1H3. The molecule has 4 nitrogen and oxygen atoms in total. The number of fused-ring (bicyclic) bond motifs is 1. The lowest BCUT2D eigenvalue weighted by atomic mass is 10.1. The van der Waals surface area contributed by atoms with Crippen LogP contribution in [0, 0.1) is 0 Å². The first-order chi connectivity index (χ1) is 12.7. The monoisotopic (exact) mass is 399 g/mol. The van der Waals surface area contributed by atoms with Gasteiger partial charge in [0, 0.05) is 20.0 Å². The Morgan fingerprint density at radius 3 is 2.63 bits per heavy atom. The number of rotatable bonds is 6. The zero-order valence-electron chi connectivity index (χ0n) is 14.8. The summed E-state index contributed by atoms with van der Waals surface area (Å²) in [5.41, 5.74) is 1.04. The van der Waals surface area contributed by atoms with Gasteiger partial charge in [-0.1, -0.05) is 30.3 Å². The molecule has 1 aliphatic rings. The Morgan fingerprint density at radius 2 is 1.89 bits per heavy atom. The zero-order chi connectivity index (χ0) is 19.7. The molecule has 0 saturated carbocycles. The van der Waals surface area contributed by atoms with Crippen LogP contribution in [0.3, 0.4) is 0 Å². The van der Waals surface area contributed by atoms with Crippen molar-refractivity contribution in [1.82, 2.24) is 4.31 Å². The average Bonchev–Trinajstić information content (AvgIpc) is 3.07. The SMILES string of the molecule is CN(Cc1ccccc1C(F)(F)F)S(=O)(=O)CCc1ccc2c(c1)CCO2. The normalized spacial score (nSPS) is 14.3. The second-order valence-corrected chi connectivity index (χ2v) is 8.71. The van der Waals surface area contributed by atoms with Crippen molar-refractivity contribution in [2.24, 2.45) is 0 Å². The molecule has 0 N–H and O–H groups in total. The number of sulfonamides is 1. The smallest absolute Gasteiger partial charge is 0.416 e. The van der Waals surface area contributed by atoms with Crippen LogP contribution in [0.4, 0.5) is 13.2 Å². The summed E-state index contributed by atoms with van der Waals surface area (Å²) < 4.78 is 70.7. The van der Waals surface area contributed by atoms with Gasteiger partial charge in [0.15, 0.2) is 0 Å². The Bertz CT molecular complexity index is 926. The van der Waals surface area contributed by atoms with Gasteiger partial charge in [-0.3, -0.25) is 0 Å². The van der Waals surface area contributed by atoms with Gasteiger partial charge in [-0.05, 0) is 35.2 Å². The van der Waals surface area contributed by atoms with E-state index in [0.29, 0.717) is 13.0 Å². The maximum atomic E-state index is 13.1. The molecule has 2 aromatic rings. The Morgan fingerprint density at radius 1 is 1.15 bits per heavy atom. The fraction of sp³-hybridized carbons (Fsp3) is 0.368. The topological polar surface area (TPSA) is 46.6 Å². The molecule has 27 heavy (non-hydrogen) atoms. The van der Waals surface area contributed by atoms with Crippen LogP contribution in [0.1, 0.15) is 22.3 Å². The number of halogens is 3. The summed E-state index contributed by atoms with van der Waals surface area (Å²) in [6.07, 6.45) is -3.43. The molecule has 0 unspecified atom stereocenters. The predicted molar refractivity (Wildman–Crippen MR) is 96.0 cm³/mol. The highest BCUT2D eigenvalue weighted by molar-refractivity contribution is 7.89. The maximum absolute atomic E-state index is 13.1. The summed E-state index contributed by atoms with van der Waals surface area (Å²) in [7, 11) is -2.39. The minimum absolute atomic E-state index is 0.0641. The summed E-state index contributed by atoms with van der Waals surface area (Å²) in [6, 6.07) is 10.6. The van der Waals surface area contributed by atoms with Crippen molar-refractivity contribution < 1.29 is 26.3 Å². The molecule has 0 radical (unpaired) electrons. The van der Waals surface area contributed by atoms with Crippen LogP contribution in [-0.4, -0.2) is 32.1 Å². The van der Waals surface area contributed by atoms with Crippen molar-refractivity contribution in [2.75, 3.05) is 19.4 Å². The molecule has 1 aliphatic heterocycles. The molecule has 0 aromatic heterocycles. The van der Waals surface area contributed by atoms with Gasteiger partial charge in [0.2, 0.25) is 10.0 Å². The lowest BCUT2D eigenvalue weighted by Crippen LogP contribution is -2.30. The van der Waals surface area contributed by atoms with Gasteiger partial charge in [0.05, 0.1) is 17.9 Å². The average molecular weight is 399 g/mol. The summed E-state index contributed by atoms with van der Waals surface area (Å²) >= 11 is 0. The van der Waals surface area contributed by atoms with E-state index in [9.17, 15) is 21.6 Å². The fourth-order valence-corrected chi connectivity index (χ4v) is 4.21. The highest BCUT2D eigenvalue weighted by Gasteiger charge is 2.33. The largest absolute Gasteiger partial charge is 0.493 e. The molecule has 0 bridgehead atoms. The molecule has 0 amide bonds. The van der Waals surface area contributed by atoms with Gasteiger partial charge >= 0.3 is 6.18 Å². The first-order valence-electron chi connectivity index (χ1n) is 8.50. The van der Waals surface area contributed by atoms with Crippen molar-refractivity contribution in [2.45, 2.75) is 25.6 Å². The van der Waals surface area contributed by atoms with Crippen molar-refractivity contribution in [3.05, 3.63) is 64.7 Å². The Balaban J connectivity index is 1.68. The summed E-state index contributed by atoms with van der Waals surface area (Å²) in [5, 5.41) is 0. The number of benzene rings is 2. The van der Waals surface area contributed by atoms with Crippen molar-refractivity contribution in [3.63, 3.8) is 0 Å². The minimum atomic E-state index is -4.52. The molecule has 2 aromatic carbocycles. The quantitative estimate of drug-likeness (QED) is 0.745. The molecule has 0 aliphatic carbocycles. The van der Waals surface area contributed by atoms with E-state index in [1.165, 1.54) is 25.2 Å². The van der Waals surface area contributed by atoms with E-state index < -0.39 is 21.8 Å². The van der Waals surface area contributed by atoms with E-state index in [1.807, 2.05) is 18.2 Å². The van der Waals surface area contributed by atoms with Crippen LogP contribution in [0.25, 0.3) is 0 Å². The summed E-state index contributed by atoms with van der Waals surface area (Å²) in [4.78, 5) is 0. The molecule has 0 fully saturated rings. The van der Waals surface area contributed by atoms with Gasteiger partial charge in [-0.15, -0.1) is 0 Å². The third-order valence-electron chi connectivity index (χ3n) is 4.59. The second-order valence-electron chi connectivity index (χ2n) is 6.52. The van der Waals surface area contributed by atoms with E-state index in [1.54, 1.807) is 0 Å². The first kappa shape index (κ1) is 19.7. The van der Waals surface area contributed by atoms with E-state index in [-0.39, 0.29) is 17.9 Å². The molecule has 8 heteroatoms. The van der Waals surface area contributed by atoms with Gasteiger partial charge in [-0.2, -0.15) is 13.2 Å². The van der Waals surface area contributed by atoms with E-state index in [0.717, 1.165) is 33.7 Å². The number of hydrogen-bond donors (Lipinski definition) is 0. The molecular formula is C19H20F3NO3S. The van der Waals surface area contributed by atoms with Crippen LogP contribution < -0.4 is 4.74 Å². The van der Waals surface area contributed by atoms with Gasteiger partial charge in [-0.25, -0.2) is 12.7 Å². The highest BCUT2D eigenvalue weighted by Crippen LogP contribution is 2.32. The van der Waals surface area contributed by atoms with Crippen LogP contribution in [-0.2, 0) is 35.6 Å². The molecular weight excluding hydrogens is 379 g/mol. The predicted octanol–water partition coefficient (Wildman–Crippen LogP) is 3.64.